The van der Waals surface area contributed by atoms with Crippen molar-refractivity contribution in [3.63, 3.8) is 0 Å². The minimum atomic E-state index is -0.464. The van der Waals surface area contributed by atoms with Crippen LogP contribution in [0.5, 0.6) is 23.1 Å². The first-order chi connectivity index (χ1) is 16.7. The van der Waals surface area contributed by atoms with Gasteiger partial charge in [0.05, 0.1) is 12.0 Å². The number of aromatic nitrogens is 1. The molecule has 3 aromatic carbocycles. The van der Waals surface area contributed by atoms with Crippen molar-refractivity contribution < 1.29 is 24.1 Å². The molecule has 6 heteroatoms. The molecule has 1 aliphatic heterocycles. The first kappa shape index (κ1) is 21.5. The lowest BCUT2D eigenvalue weighted by Gasteiger charge is -2.25. The molecule has 0 saturated carbocycles. The van der Waals surface area contributed by atoms with E-state index in [0.29, 0.717) is 29.5 Å². The maximum absolute atomic E-state index is 12.6. The van der Waals surface area contributed by atoms with Gasteiger partial charge in [-0.25, -0.2) is 4.98 Å². The van der Waals surface area contributed by atoms with E-state index in [2.05, 4.69) is 4.98 Å². The highest BCUT2D eigenvalue weighted by Crippen LogP contribution is 2.37. The number of phenols is 1. The van der Waals surface area contributed by atoms with Crippen molar-refractivity contribution in [2.24, 2.45) is 0 Å². The van der Waals surface area contributed by atoms with E-state index < -0.39 is 6.10 Å². The molecule has 0 spiro atoms. The summed E-state index contributed by atoms with van der Waals surface area (Å²) in [6.45, 7) is 0.632. The Bertz CT molecular complexity index is 1310. The summed E-state index contributed by atoms with van der Waals surface area (Å²) < 4.78 is 18.2. The summed E-state index contributed by atoms with van der Waals surface area (Å²) in [6.07, 6.45) is 1.37. The summed E-state index contributed by atoms with van der Waals surface area (Å²) in [5.41, 5.74) is 3.17. The maximum atomic E-state index is 12.6. The van der Waals surface area contributed by atoms with E-state index in [9.17, 15) is 9.90 Å². The van der Waals surface area contributed by atoms with E-state index in [1.54, 1.807) is 36.5 Å². The zero-order valence-corrected chi connectivity index (χ0v) is 18.4. The van der Waals surface area contributed by atoms with Crippen LogP contribution in [-0.4, -0.2) is 15.9 Å². The topological polar surface area (TPSA) is 77.9 Å². The molecule has 5 rings (SSSR count). The van der Waals surface area contributed by atoms with Crippen LogP contribution in [0.1, 0.15) is 39.6 Å². The fourth-order valence-electron chi connectivity index (χ4n) is 3.84. The van der Waals surface area contributed by atoms with Gasteiger partial charge in [-0.3, -0.25) is 4.79 Å². The molecule has 34 heavy (non-hydrogen) atoms. The fraction of sp³-hybridized carbons (Fsp3) is 0.143. The molecule has 0 saturated heterocycles. The van der Waals surface area contributed by atoms with Gasteiger partial charge in [0.15, 0.2) is 17.3 Å². The third kappa shape index (κ3) is 4.86. The molecular weight excluding hydrogens is 430 g/mol. The molecule has 170 valence electrons. The highest BCUT2D eigenvalue weighted by molar-refractivity contribution is 5.99. The summed E-state index contributed by atoms with van der Waals surface area (Å²) >= 11 is 0. The molecule has 1 aliphatic rings. The number of benzene rings is 3. The van der Waals surface area contributed by atoms with Gasteiger partial charge in [0, 0.05) is 6.20 Å². The van der Waals surface area contributed by atoms with Gasteiger partial charge in [0.25, 0.3) is 0 Å². The largest absolute Gasteiger partial charge is 0.508 e. The molecular formula is C28H23NO5. The van der Waals surface area contributed by atoms with Gasteiger partial charge in [0.1, 0.15) is 25.1 Å². The number of carbonyl (C=O) groups excluding carboxylic acids is 1. The number of hydrogen-bond donors (Lipinski definition) is 1. The predicted octanol–water partition coefficient (Wildman–Crippen LogP) is 5.65. The van der Waals surface area contributed by atoms with E-state index >= 15 is 0 Å². The van der Waals surface area contributed by atoms with Crippen molar-refractivity contribution in [3.05, 3.63) is 113 Å². The van der Waals surface area contributed by atoms with Crippen molar-refractivity contribution in [2.45, 2.75) is 25.7 Å². The lowest BCUT2D eigenvalue weighted by atomic mass is 9.97. The number of nitrogens with zero attached hydrogens (tertiary/aromatic N) is 1. The van der Waals surface area contributed by atoms with Gasteiger partial charge in [0.2, 0.25) is 5.88 Å². The number of rotatable bonds is 7. The molecule has 1 atom stereocenters. The molecule has 1 aromatic heterocycles. The monoisotopic (exact) mass is 453 g/mol. The van der Waals surface area contributed by atoms with Gasteiger partial charge in [-0.15, -0.1) is 0 Å². The Labute approximate surface area is 197 Å². The minimum Gasteiger partial charge on any atom is -0.508 e. The van der Waals surface area contributed by atoms with Crippen LogP contribution in [0, 0.1) is 0 Å². The van der Waals surface area contributed by atoms with Crippen molar-refractivity contribution in [1.29, 1.82) is 0 Å². The summed E-state index contributed by atoms with van der Waals surface area (Å²) in [6, 6.07) is 25.8. The van der Waals surface area contributed by atoms with Crippen LogP contribution in [0.3, 0.4) is 0 Å². The third-order valence-corrected chi connectivity index (χ3v) is 5.58. The molecule has 0 radical (unpaired) electrons. The quantitative estimate of drug-likeness (QED) is 0.390. The molecule has 1 N–H and O–H groups in total. The number of fused-ring (bicyclic) bond motifs is 1. The van der Waals surface area contributed by atoms with Gasteiger partial charge >= 0.3 is 0 Å². The maximum Gasteiger partial charge on any atom is 0.224 e. The Hall–Kier alpha value is -4.32. The highest BCUT2D eigenvalue weighted by atomic mass is 16.5. The number of Topliss-reactive ketones (excluding diaryl/α,β-unsaturated/α-hetero) is 1. The number of aromatic hydroxyl groups is 1. The number of ketones is 1. The van der Waals surface area contributed by atoms with Crippen LogP contribution >= 0.6 is 0 Å². The molecule has 6 nitrogen and oxygen atoms in total. The average Bonchev–Trinajstić information content (AvgIpc) is 2.87. The molecule has 0 amide bonds. The number of phenolic OH excluding ortho intramolecular Hbond substituents is 1. The van der Waals surface area contributed by atoms with Crippen LogP contribution in [0.2, 0.25) is 0 Å². The Morgan fingerprint density at radius 2 is 1.65 bits per heavy atom. The van der Waals surface area contributed by atoms with Gasteiger partial charge in [-0.1, -0.05) is 48.5 Å². The van der Waals surface area contributed by atoms with Crippen molar-refractivity contribution in [3.8, 4) is 23.1 Å². The second-order valence-corrected chi connectivity index (χ2v) is 8.03. The fourth-order valence-corrected chi connectivity index (χ4v) is 3.84. The molecule has 2 heterocycles. The minimum absolute atomic E-state index is 0.00434. The second kappa shape index (κ2) is 9.67. The lowest BCUT2D eigenvalue weighted by Crippen LogP contribution is -2.21. The summed E-state index contributed by atoms with van der Waals surface area (Å²) in [5.74, 6) is 1.63. The van der Waals surface area contributed by atoms with Crippen molar-refractivity contribution in [2.75, 3.05) is 0 Å². The van der Waals surface area contributed by atoms with Crippen molar-refractivity contribution >= 4 is 5.78 Å². The molecule has 0 aliphatic carbocycles. The van der Waals surface area contributed by atoms with Gasteiger partial charge < -0.3 is 19.3 Å². The summed E-state index contributed by atoms with van der Waals surface area (Å²) in [7, 11) is 0. The van der Waals surface area contributed by atoms with E-state index in [1.807, 2.05) is 54.6 Å². The van der Waals surface area contributed by atoms with E-state index in [4.69, 9.17) is 14.2 Å². The Morgan fingerprint density at radius 3 is 2.50 bits per heavy atom. The number of pyridine rings is 1. The summed E-state index contributed by atoms with van der Waals surface area (Å²) in [5, 5.41) is 9.72. The second-order valence-electron chi connectivity index (χ2n) is 8.03. The standard InChI is InChI=1S/C28H23NO5/c30-22-9-4-8-20(14-22)18-32-25-12-11-21(15-27(25)33-17-19-6-2-1-3-7-19)26-16-24(31)23-10-5-13-29-28(23)34-26/h1-15,26,30H,16-18H2. The zero-order chi connectivity index (χ0) is 23.3. The molecule has 4 aromatic rings. The van der Waals surface area contributed by atoms with Crippen LogP contribution in [0.4, 0.5) is 0 Å². The Morgan fingerprint density at radius 1 is 0.853 bits per heavy atom. The van der Waals surface area contributed by atoms with Crippen LogP contribution in [0.15, 0.2) is 91.1 Å². The predicted molar refractivity (Wildman–Crippen MR) is 126 cm³/mol. The molecule has 0 fully saturated rings. The third-order valence-electron chi connectivity index (χ3n) is 5.58. The van der Waals surface area contributed by atoms with E-state index in [1.165, 1.54) is 0 Å². The van der Waals surface area contributed by atoms with Gasteiger partial charge in [-0.05, 0) is 53.1 Å². The Kier molecular flexibility index (Phi) is 6.12. The number of carbonyl (C=O) groups is 1. The zero-order valence-electron chi connectivity index (χ0n) is 18.4. The molecule has 0 bridgehead atoms. The number of ether oxygens (including phenoxy) is 3. The smallest absolute Gasteiger partial charge is 0.224 e. The van der Waals surface area contributed by atoms with E-state index in [-0.39, 0.29) is 24.6 Å². The van der Waals surface area contributed by atoms with Crippen molar-refractivity contribution in [1.82, 2.24) is 4.98 Å². The lowest BCUT2D eigenvalue weighted by molar-refractivity contribution is 0.0838. The van der Waals surface area contributed by atoms with Crippen LogP contribution in [0.25, 0.3) is 0 Å². The summed E-state index contributed by atoms with van der Waals surface area (Å²) in [4.78, 5) is 16.8. The first-order valence-electron chi connectivity index (χ1n) is 11.0. The molecule has 1 unspecified atom stereocenters. The SMILES string of the molecule is O=C1CC(c2ccc(OCc3cccc(O)c3)c(OCc3ccccc3)c2)Oc2ncccc21. The van der Waals surface area contributed by atoms with E-state index in [0.717, 1.165) is 16.7 Å². The first-order valence-corrected chi connectivity index (χ1v) is 11.0. The average molecular weight is 453 g/mol. The Balaban J connectivity index is 1.40. The highest BCUT2D eigenvalue weighted by Gasteiger charge is 2.29. The van der Waals surface area contributed by atoms with Crippen LogP contribution in [-0.2, 0) is 13.2 Å². The normalized spacial score (nSPS) is 14.7. The van der Waals surface area contributed by atoms with Crippen LogP contribution < -0.4 is 14.2 Å². The van der Waals surface area contributed by atoms with Gasteiger partial charge in [-0.2, -0.15) is 0 Å². The number of hydrogen-bond acceptors (Lipinski definition) is 6.